The predicted octanol–water partition coefficient (Wildman–Crippen LogP) is 2.26. The van der Waals surface area contributed by atoms with Gasteiger partial charge >= 0.3 is 0 Å². The van der Waals surface area contributed by atoms with E-state index >= 15 is 0 Å². The number of aromatic hydroxyl groups is 3. The molecule has 0 fully saturated rings. The van der Waals surface area contributed by atoms with Crippen LogP contribution in [0, 0.1) is 0 Å². The molecule has 0 heterocycles. The largest absolute Gasteiger partial charge is 0.508 e. The van der Waals surface area contributed by atoms with Crippen LogP contribution in [0.25, 0.3) is 0 Å². The molecular weight excluding hydrogens is 326 g/mol. The van der Waals surface area contributed by atoms with E-state index in [0.29, 0.717) is 17.5 Å². The molecule has 3 atom stereocenters. The van der Waals surface area contributed by atoms with Gasteiger partial charge in [-0.3, -0.25) is 10.6 Å². The highest BCUT2D eigenvalue weighted by molar-refractivity contribution is 5.40. The van der Waals surface area contributed by atoms with Gasteiger partial charge in [-0.25, -0.2) is 4.89 Å². The number of hydrogen-bond acceptors (Lipinski definition) is 7. The summed E-state index contributed by atoms with van der Waals surface area (Å²) in [7, 11) is 0. The Balaban J connectivity index is 1.91. The van der Waals surface area contributed by atoms with Gasteiger partial charge in [-0.2, -0.15) is 0 Å². The molecule has 0 spiro atoms. The molecule has 2 aromatic carbocycles. The van der Waals surface area contributed by atoms with E-state index in [1.54, 1.807) is 18.2 Å². The minimum absolute atomic E-state index is 0.132. The van der Waals surface area contributed by atoms with Crippen LogP contribution >= 0.6 is 0 Å². The molecule has 6 N–H and O–H groups in total. The Morgan fingerprint density at radius 3 is 2.28 bits per heavy atom. The van der Waals surface area contributed by atoms with Crippen molar-refractivity contribution in [3.8, 4) is 17.2 Å². The van der Waals surface area contributed by atoms with Crippen LogP contribution in [0.15, 0.2) is 42.5 Å². The second-order valence-electron chi connectivity index (χ2n) is 6.03. The third kappa shape index (κ3) is 5.61. The zero-order valence-electron chi connectivity index (χ0n) is 13.8. The first-order chi connectivity index (χ1) is 11.9. The van der Waals surface area contributed by atoms with E-state index in [1.165, 1.54) is 24.3 Å². The summed E-state index contributed by atoms with van der Waals surface area (Å²) in [5.74, 6) is -0.332. The van der Waals surface area contributed by atoms with Crippen LogP contribution < -0.4 is 5.32 Å². The number of phenolic OH excluding ortho intramolecular Hbond substituents is 3. The quantitative estimate of drug-likeness (QED) is 0.187. The molecule has 0 aliphatic rings. The lowest BCUT2D eigenvalue weighted by molar-refractivity contribution is -0.287. The van der Waals surface area contributed by atoms with Gasteiger partial charge in [-0.05, 0) is 48.7 Å². The molecule has 0 saturated carbocycles. The van der Waals surface area contributed by atoms with E-state index in [1.807, 2.05) is 6.92 Å². The Hall–Kier alpha value is -2.32. The Morgan fingerprint density at radius 1 is 1.00 bits per heavy atom. The molecule has 7 nitrogen and oxygen atoms in total. The smallest absolute Gasteiger partial charge is 0.157 e. The highest BCUT2D eigenvalue weighted by Gasteiger charge is 2.18. The van der Waals surface area contributed by atoms with Crippen LogP contribution in [0.2, 0.25) is 0 Å². The summed E-state index contributed by atoms with van der Waals surface area (Å²) in [5, 5.41) is 50.4. The van der Waals surface area contributed by atoms with Crippen LogP contribution in [0.4, 0.5) is 0 Å². The molecule has 0 aliphatic heterocycles. The average molecular weight is 349 g/mol. The number of aliphatic hydroxyl groups is 1. The predicted molar refractivity (Wildman–Crippen MR) is 91.3 cm³/mol. The van der Waals surface area contributed by atoms with Crippen LogP contribution in [0.5, 0.6) is 17.2 Å². The van der Waals surface area contributed by atoms with Crippen molar-refractivity contribution >= 4 is 0 Å². The van der Waals surface area contributed by atoms with Crippen molar-refractivity contribution in [2.75, 3.05) is 0 Å². The molecule has 3 unspecified atom stereocenters. The number of aliphatic hydroxyl groups excluding tert-OH is 1. The van der Waals surface area contributed by atoms with E-state index in [9.17, 15) is 20.4 Å². The number of hydrogen-bond donors (Lipinski definition) is 6. The van der Waals surface area contributed by atoms with Crippen molar-refractivity contribution in [1.82, 2.24) is 5.32 Å². The zero-order chi connectivity index (χ0) is 18.4. The number of benzene rings is 2. The molecule has 0 amide bonds. The van der Waals surface area contributed by atoms with Gasteiger partial charge in [-0.1, -0.05) is 18.2 Å². The standard InChI is InChI=1S/C18H23NO6/c1-11(8-16(22)13-3-5-14(20)6-4-13)19-18(25-24)10-12-2-7-15(21)17(23)9-12/h2-7,9,11,16,18-24H,8,10H2,1H3. The number of rotatable bonds is 8. The molecule has 0 aromatic heterocycles. The SMILES string of the molecule is CC(CC(O)c1ccc(O)cc1)NC(Cc1ccc(O)c(O)c1)OO. The van der Waals surface area contributed by atoms with E-state index < -0.39 is 12.3 Å². The summed E-state index contributed by atoms with van der Waals surface area (Å²) < 4.78 is 0. The molecule has 2 aromatic rings. The van der Waals surface area contributed by atoms with Crippen molar-refractivity contribution in [2.45, 2.75) is 38.1 Å². The normalized spacial score (nSPS) is 14.8. The van der Waals surface area contributed by atoms with Crippen molar-refractivity contribution in [2.24, 2.45) is 0 Å². The average Bonchev–Trinajstić information content (AvgIpc) is 2.58. The van der Waals surface area contributed by atoms with Crippen LogP contribution in [0.3, 0.4) is 0 Å². The van der Waals surface area contributed by atoms with Gasteiger partial charge in [0.15, 0.2) is 11.5 Å². The van der Waals surface area contributed by atoms with Gasteiger partial charge in [0, 0.05) is 12.5 Å². The Bertz CT molecular complexity index is 676. The maximum absolute atomic E-state index is 10.2. The first-order valence-electron chi connectivity index (χ1n) is 7.93. The zero-order valence-corrected chi connectivity index (χ0v) is 13.8. The first-order valence-corrected chi connectivity index (χ1v) is 7.93. The molecule has 7 heteroatoms. The highest BCUT2D eigenvalue weighted by Crippen LogP contribution is 2.26. The van der Waals surface area contributed by atoms with Crippen LogP contribution in [-0.2, 0) is 11.3 Å². The van der Waals surface area contributed by atoms with E-state index in [0.717, 1.165) is 0 Å². The molecule has 2 rings (SSSR count). The van der Waals surface area contributed by atoms with Crippen molar-refractivity contribution in [3.63, 3.8) is 0 Å². The second-order valence-corrected chi connectivity index (χ2v) is 6.03. The fourth-order valence-corrected chi connectivity index (χ4v) is 2.59. The third-order valence-electron chi connectivity index (χ3n) is 3.91. The lowest BCUT2D eigenvalue weighted by Crippen LogP contribution is -2.40. The lowest BCUT2D eigenvalue weighted by Gasteiger charge is -2.23. The summed E-state index contributed by atoms with van der Waals surface area (Å²) in [5.41, 5.74) is 1.34. The van der Waals surface area contributed by atoms with Gasteiger partial charge < -0.3 is 20.4 Å². The number of nitrogens with one attached hydrogen (secondary N) is 1. The minimum atomic E-state index is -0.744. The van der Waals surface area contributed by atoms with Gasteiger partial charge in [-0.15, -0.1) is 0 Å². The van der Waals surface area contributed by atoms with Gasteiger partial charge in [0.1, 0.15) is 12.0 Å². The van der Waals surface area contributed by atoms with Crippen molar-refractivity contribution in [3.05, 3.63) is 53.6 Å². The summed E-state index contributed by atoms with van der Waals surface area (Å²) in [6.45, 7) is 1.84. The van der Waals surface area contributed by atoms with E-state index in [-0.39, 0.29) is 29.7 Å². The topological polar surface area (TPSA) is 122 Å². The van der Waals surface area contributed by atoms with E-state index in [4.69, 9.17) is 5.26 Å². The Labute approximate surface area is 145 Å². The monoisotopic (exact) mass is 349 g/mol. The third-order valence-corrected chi connectivity index (χ3v) is 3.91. The molecule has 136 valence electrons. The fourth-order valence-electron chi connectivity index (χ4n) is 2.59. The van der Waals surface area contributed by atoms with Gasteiger partial charge in [0.2, 0.25) is 0 Å². The Morgan fingerprint density at radius 2 is 1.68 bits per heavy atom. The molecule has 0 aliphatic carbocycles. The molecule has 25 heavy (non-hydrogen) atoms. The van der Waals surface area contributed by atoms with E-state index in [2.05, 4.69) is 10.2 Å². The van der Waals surface area contributed by atoms with Crippen molar-refractivity contribution in [1.29, 1.82) is 0 Å². The molecule has 0 saturated heterocycles. The highest BCUT2D eigenvalue weighted by atomic mass is 17.1. The molecular formula is C18H23NO6. The van der Waals surface area contributed by atoms with Crippen LogP contribution in [-0.4, -0.2) is 38.0 Å². The van der Waals surface area contributed by atoms with Crippen LogP contribution in [0.1, 0.15) is 30.6 Å². The second kappa shape index (κ2) is 8.68. The fraction of sp³-hybridized carbons (Fsp3) is 0.333. The summed E-state index contributed by atoms with van der Waals surface area (Å²) >= 11 is 0. The first kappa shape index (κ1) is 19.0. The maximum Gasteiger partial charge on any atom is 0.157 e. The number of phenols is 3. The van der Waals surface area contributed by atoms with Crippen molar-refractivity contribution < 1.29 is 30.6 Å². The van der Waals surface area contributed by atoms with Gasteiger partial charge in [0.05, 0.1) is 6.10 Å². The lowest BCUT2D eigenvalue weighted by atomic mass is 10.0. The summed E-state index contributed by atoms with van der Waals surface area (Å²) in [4.78, 5) is 4.43. The molecule has 0 bridgehead atoms. The Kier molecular flexibility index (Phi) is 6.60. The minimum Gasteiger partial charge on any atom is -0.508 e. The molecule has 0 radical (unpaired) electrons. The summed E-state index contributed by atoms with van der Waals surface area (Å²) in [6.07, 6.45) is -0.860. The summed E-state index contributed by atoms with van der Waals surface area (Å²) in [6, 6.07) is 10.5. The maximum atomic E-state index is 10.2. The van der Waals surface area contributed by atoms with Gasteiger partial charge in [0.25, 0.3) is 0 Å².